The van der Waals surface area contributed by atoms with Gasteiger partial charge in [0.15, 0.2) is 11.6 Å². The molecule has 0 radical (unpaired) electrons. The van der Waals surface area contributed by atoms with E-state index in [2.05, 4.69) is 0 Å². The van der Waals surface area contributed by atoms with Crippen LogP contribution in [0.15, 0.2) is 23.3 Å². The summed E-state index contributed by atoms with van der Waals surface area (Å²) in [4.78, 5) is 25.7. The second-order valence-electron chi connectivity index (χ2n) is 12.3. The first-order valence-electron chi connectivity index (χ1n) is 12.9. The van der Waals surface area contributed by atoms with E-state index in [-0.39, 0.29) is 43.0 Å². The summed E-state index contributed by atoms with van der Waals surface area (Å²) in [6, 6.07) is 0. The third-order valence-electron chi connectivity index (χ3n) is 11.1. The highest BCUT2D eigenvalue weighted by Crippen LogP contribution is 2.68. The average Bonchev–Trinajstić information content (AvgIpc) is 3.16. The fraction of sp³-hybridized carbons (Fsp3) is 0.778. The molecule has 0 amide bonds. The molecule has 2 aliphatic heterocycles. The Hall–Kier alpha value is -1.58. The van der Waals surface area contributed by atoms with Crippen LogP contribution in [0.2, 0.25) is 0 Å². The molecule has 0 bridgehead atoms. The number of cyclic esters (lactones) is 1. The van der Waals surface area contributed by atoms with Gasteiger partial charge in [-0.2, -0.15) is 0 Å². The predicted octanol–water partition coefficient (Wildman–Crippen LogP) is 1.40. The molecule has 1 saturated heterocycles. The van der Waals surface area contributed by atoms with Crippen LogP contribution in [0.1, 0.15) is 59.3 Å². The lowest BCUT2D eigenvalue weighted by atomic mass is 9.43. The van der Waals surface area contributed by atoms with Crippen molar-refractivity contribution >= 4 is 11.8 Å². The van der Waals surface area contributed by atoms with Crippen molar-refractivity contribution in [3.05, 3.63) is 23.3 Å². The van der Waals surface area contributed by atoms with Crippen molar-refractivity contribution in [2.45, 2.75) is 88.5 Å². The van der Waals surface area contributed by atoms with E-state index in [1.807, 2.05) is 6.92 Å². The van der Waals surface area contributed by atoms with Gasteiger partial charge in [0.1, 0.15) is 11.7 Å². The van der Waals surface area contributed by atoms with Crippen LogP contribution in [0.5, 0.6) is 0 Å². The van der Waals surface area contributed by atoms with E-state index in [1.165, 1.54) is 6.08 Å². The number of rotatable bonds is 1. The van der Waals surface area contributed by atoms with Gasteiger partial charge in [0.2, 0.25) is 0 Å². The summed E-state index contributed by atoms with van der Waals surface area (Å²) in [6.45, 7) is 5.39. The molecule has 8 nitrogen and oxygen atoms in total. The topological polar surface area (TPSA) is 134 Å². The summed E-state index contributed by atoms with van der Waals surface area (Å²) < 4.78 is 11.9. The van der Waals surface area contributed by atoms with E-state index in [0.717, 1.165) is 5.57 Å². The molecule has 0 aromatic rings. The number of carbonyl (C=O) groups excluding carboxylic acids is 2. The molecule has 192 valence electrons. The van der Waals surface area contributed by atoms with E-state index in [0.29, 0.717) is 31.3 Å². The van der Waals surface area contributed by atoms with Gasteiger partial charge in [-0.3, -0.25) is 4.79 Å². The second kappa shape index (κ2) is 7.25. The molecule has 4 N–H and O–H groups in total. The molecule has 3 saturated carbocycles. The number of allylic oxidation sites excluding steroid dienone is 1. The summed E-state index contributed by atoms with van der Waals surface area (Å²) in [6.07, 6.45) is 3.59. The van der Waals surface area contributed by atoms with Crippen LogP contribution in [0, 0.1) is 35.0 Å². The number of hydrogen-bond donors (Lipinski definition) is 4. The zero-order valence-electron chi connectivity index (χ0n) is 20.6. The Labute approximate surface area is 205 Å². The number of fused-ring (bicyclic) bond motifs is 4. The molecule has 8 heteroatoms. The Kier molecular flexibility index (Phi) is 4.93. The van der Waals surface area contributed by atoms with Gasteiger partial charge in [0.05, 0.1) is 23.7 Å². The van der Waals surface area contributed by atoms with Crippen molar-refractivity contribution in [2.24, 2.45) is 35.0 Å². The van der Waals surface area contributed by atoms with Crippen LogP contribution >= 0.6 is 0 Å². The first kappa shape index (κ1) is 23.8. The number of ketones is 1. The van der Waals surface area contributed by atoms with Gasteiger partial charge in [0, 0.05) is 30.3 Å². The van der Waals surface area contributed by atoms with E-state index < -0.39 is 52.4 Å². The van der Waals surface area contributed by atoms with Crippen LogP contribution < -0.4 is 0 Å². The first-order valence-corrected chi connectivity index (χ1v) is 12.9. The standard InChI is InChI=1S/C27H36O8/c1-13-9-19(35-23(30)14(13)2)18-12-34-27(33)11-17-16(15-6-8-25(18,31)22(15)27)10-21(29)26(32)7-4-5-20(28)24(17,26)3/h4-5,15-19,21-22,29,31-33H,6-12H2,1-3H3/t15-,16-,17-,18+,19?,21+,22-,24-,25+,26-,27-/m0/s1. The maximum absolute atomic E-state index is 13.3. The summed E-state index contributed by atoms with van der Waals surface area (Å²) in [5.74, 6) is -4.16. The molecule has 35 heavy (non-hydrogen) atoms. The number of carbonyl (C=O) groups is 2. The minimum Gasteiger partial charge on any atom is -0.458 e. The Bertz CT molecular complexity index is 1050. The smallest absolute Gasteiger partial charge is 0.333 e. The third kappa shape index (κ3) is 2.80. The van der Waals surface area contributed by atoms with Gasteiger partial charge in [0.25, 0.3) is 0 Å². The highest BCUT2D eigenvalue weighted by Gasteiger charge is 2.75. The molecular formula is C27H36O8. The second-order valence-corrected chi connectivity index (χ2v) is 12.3. The SMILES string of the molecule is CC1=C(C)C(=O)OC([C@H]2CO[C@@]3(O)C[C@H]4[C@@H](C[C@@H](O)[C@@]5(O)CC=CC(=O)[C@]45C)[C@@H]4CC[C@]2(O)[C@H]43)C1. The summed E-state index contributed by atoms with van der Waals surface area (Å²) in [7, 11) is 0. The van der Waals surface area contributed by atoms with Crippen LogP contribution in [-0.2, 0) is 19.1 Å². The molecule has 0 aromatic heterocycles. The average molecular weight is 489 g/mol. The normalized spacial score (nSPS) is 55.2. The monoisotopic (exact) mass is 488 g/mol. The fourth-order valence-electron chi connectivity index (χ4n) is 9.02. The van der Waals surface area contributed by atoms with Gasteiger partial charge in [-0.25, -0.2) is 4.79 Å². The number of aliphatic hydroxyl groups is 4. The Morgan fingerprint density at radius 3 is 2.54 bits per heavy atom. The molecular weight excluding hydrogens is 452 g/mol. The Balaban J connectivity index is 1.38. The molecule has 2 heterocycles. The van der Waals surface area contributed by atoms with E-state index in [9.17, 15) is 30.0 Å². The van der Waals surface area contributed by atoms with Crippen molar-refractivity contribution in [2.75, 3.05) is 6.61 Å². The van der Waals surface area contributed by atoms with Crippen LogP contribution in [0.3, 0.4) is 0 Å². The summed E-state index contributed by atoms with van der Waals surface area (Å²) in [5, 5.41) is 46.7. The summed E-state index contributed by atoms with van der Waals surface area (Å²) in [5.41, 5.74) is -2.64. The van der Waals surface area contributed by atoms with Gasteiger partial charge >= 0.3 is 5.97 Å². The maximum Gasteiger partial charge on any atom is 0.333 e. The van der Waals surface area contributed by atoms with Crippen molar-refractivity contribution < 1.29 is 39.5 Å². The quantitative estimate of drug-likeness (QED) is 0.407. The first-order chi connectivity index (χ1) is 16.4. The molecule has 6 aliphatic rings. The third-order valence-corrected chi connectivity index (χ3v) is 11.1. The van der Waals surface area contributed by atoms with Crippen molar-refractivity contribution in [3.8, 4) is 0 Å². The highest BCUT2D eigenvalue weighted by molar-refractivity contribution is 5.97. The van der Waals surface area contributed by atoms with Crippen molar-refractivity contribution in [1.82, 2.24) is 0 Å². The molecule has 4 fully saturated rings. The van der Waals surface area contributed by atoms with Gasteiger partial charge < -0.3 is 29.9 Å². The number of ether oxygens (including phenoxy) is 2. The lowest BCUT2D eigenvalue weighted by Gasteiger charge is -2.65. The predicted molar refractivity (Wildman–Crippen MR) is 122 cm³/mol. The largest absolute Gasteiger partial charge is 0.458 e. The fourth-order valence-corrected chi connectivity index (χ4v) is 9.02. The molecule has 1 unspecified atom stereocenters. The summed E-state index contributed by atoms with van der Waals surface area (Å²) >= 11 is 0. The number of esters is 1. The minimum absolute atomic E-state index is 0.0370. The minimum atomic E-state index is -1.67. The number of hydrogen-bond acceptors (Lipinski definition) is 8. The van der Waals surface area contributed by atoms with E-state index in [4.69, 9.17) is 9.47 Å². The maximum atomic E-state index is 13.3. The molecule has 6 rings (SSSR count). The molecule has 11 atom stereocenters. The zero-order chi connectivity index (χ0) is 25.1. The lowest BCUT2D eigenvalue weighted by molar-refractivity contribution is -0.365. The van der Waals surface area contributed by atoms with E-state index >= 15 is 0 Å². The zero-order valence-corrected chi connectivity index (χ0v) is 20.6. The number of aliphatic hydroxyl groups excluding tert-OH is 1. The van der Waals surface area contributed by atoms with Crippen LogP contribution in [0.4, 0.5) is 0 Å². The molecule has 0 spiro atoms. The van der Waals surface area contributed by atoms with Crippen LogP contribution in [0.25, 0.3) is 0 Å². The molecule has 0 aromatic carbocycles. The lowest BCUT2D eigenvalue weighted by Crippen LogP contribution is -2.74. The van der Waals surface area contributed by atoms with E-state index in [1.54, 1.807) is 19.9 Å². The van der Waals surface area contributed by atoms with Crippen molar-refractivity contribution in [1.29, 1.82) is 0 Å². The molecule has 4 aliphatic carbocycles. The Morgan fingerprint density at radius 2 is 1.83 bits per heavy atom. The van der Waals surface area contributed by atoms with Crippen LogP contribution in [-0.4, -0.2) is 68.0 Å². The van der Waals surface area contributed by atoms with Crippen molar-refractivity contribution in [3.63, 3.8) is 0 Å². The van der Waals surface area contributed by atoms with Gasteiger partial charge in [-0.1, -0.05) is 11.6 Å². The van der Waals surface area contributed by atoms with Gasteiger partial charge in [-0.05, 0) is 70.3 Å². The highest BCUT2D eigenvalue weighted by atomic mass is 16.6. The van der Waals surface area contributed by atoms with Gasteiger partial charge in [-0.15, -0.1) is 0 Å². The Morgan fingerprint density at radius 1 is 1.09 bits per heavy atom.